The molecule has 3 rings (SSSR count). The summed E-state index contributed by atoms with van der Waals surface area (Å²) in [5.41, 5.74) is 1.90. The molecule has 0 aliphatic carbocycles. The molecule has 0 saturated carbocycles. The molecule has 1 aromatic carbocycles. The molecule has 1 aliphatic heterocycles. The van der Waals surface area contributed by atoms with Gasteiger partial charge in [-0.15, -0.1) is 0 Å². The zero-order valence-electron chi connectivity index (χ0n) is 14.7. The molecule has 0 radical (unpaired) electrons. The highest BCUT2D eigenvalue weighted by Gasteiger charge is 2.24. The zero-order valence-corrected chi connectivity index (χ0v) is 17.1. The van der Waals surface area contributed by atoms with Gasteiger partial charge in [0, 0.05) is 17.6 Å². The molecule has 7 heteroatoms. The van der Waals surface area contributed by atoms with Crippen LogP contribution in [0, 0.1) is 0 Å². The molecular weight excluding hydrogens is 388 g/mol. The highest BCUT2D eigenvalue weighted by molar-refractivity contribution is 7.88. The number of hydrogen-bond acceptors (Lipinski definition) is 4. The molecule has 0 amide bonds. The summed E-state index contributed by atoms with van der Waals surface area (Å²) in [5.74, 6) is -0.0517. The van der Waals surface area contributed by atoms with Crippen LogP contribution in [0.1, 0.15) is 42.9 Å². The van der Waals surface area contributed by atoms with E-state index in [2.05, 4.69) is 26.4 Å². The fraction of sp³-hybridized carbons (Fsp3) is 0.474. The van der Waals surface area contributed by atoms with Crippen molar-refractivity contribution in [2.45, 2.75) is 37.5 Å². The minimum absolute atomic E-state index is 0.0517. The summed E-state index contributed by atoms with van der Waals surface area (Å²) >= 11 is 7.62. The number of halogens is 1. The normalized spacial score (nSPS) is 17.7. The second-order valence-corrected chi connectivity index (χ2v) is 9.78. The van der Waals surface area contributed by atoms with Crippen molar-refractivity contribution in [3.05, 3.63) is 57.2 Å². The highest BCUT2D eigenvalue weighted by Crippen LogP contribution is 2.26. The van der Waals surface area contributed by atoms with Crippen molar-refractivity contribution in [3.63, 3.8) is 0 Å². The van der Waals surface area contributed by atoms with Gasteiger partial charge < -0.3 is 0 Å². The molecule has 142 valence electrons. The Labute approximate surface area is 165 Å². The molecule has 0 bridgehead atoms. The largest absolute Gasteiger partial charge is 0.295 e. The van der Waals surface area contributed by atoms with Crippen molar-refractivity contribution < 1.29 is 8.42 Å². The van der Waals surface area contributed by atoms with E-state index < -0.39 is 10.0 Å². The Hall–Kier alpha value is -0.920. The van der Waals surface area contributed by atoms with Crippen LogP contribution in [0.2, 0.25) is 5.02 Å². The Kier molecular flexibility index (Phi) is 7.12. The lowest BCUT2D eigenvalue weighted by Gasteiger charge is -2.30. The third kappa shape index (κ3) is 5.79. The fourth-order valence-corrected chi connectivity index (χ4v) is 5.48. The smallest absolute Gasteiger partial charge is 0.215 e. The number of sulfonamides is 1. The number of hydrogen-bond donors (Lipinski definition) is 1. The van der Waals surface area contributed by atoms with Gasteiger partial charge in [0.2, 0.25) is 10.0 Å². The molecule has 1 aromatic heterocycles. The third-order valence-corrected chi connectivity index (χ3v) is 7.01. The first-order valence-electron chi connectivity index (χ1n) is 9.01. The molecular formula is C19H25ClN2O2S2. The second kappa shape index (κ2) is 9.33. The molecule has 26 heavy (non-hydrogen) atoms. The molecule has 1 saturated heterocycles. The predicted molar refractivity (Wildman–Crippen MR) is 109 cm³/mol. The Bertz CT molecular complexity index is 786. The van der Waals surface area contributed by atoms with E-state index in [0.717, 1.165) is 13.1 Å². The SMILES string of the molecule is O=S(=O)(Cc1cccc(Cl)c1)NCC(c1ccsc1)N1CCCCCC1. The number of nitrogens with one attached hydrogen (secondary N) is 1. The zero-order chi connectivity index (χ0) is 18.4. The van der Waals surface area contributed by atoms with Gasteiger partial charge in [-0.3, -0.25) is 4.90 Å². The van der Waals surface area contributed by atoms with Gasteiger partial charge in [-0.25, -0.2) is 13.1 Å². The van der Waals surface area contributed by atoms with Crippen molar-refractivity contribution in [1.29, 1.82) is 0 Å². The van der Waals surface area contributed by atoms with Crippen molar-refractivity contribution in [1.82, 2.24) is 9.62 Å². The summed E-state index contributed by atoms with van der Waals surface area (Å²) in [4.78, 5) is 2.43. The molecule has 1 aliphatic rings. The molecule has 0 spiro atoms. The van der Waals surface area contributed by atoms with Gasteiger partial charge in [-0.2, -0.15) is 11.3 Å². The Balaban J connectivity index is 1.68. The topological polar surface area (TPSA) is 49.4 Å². The highest BCUT2D eigenvalue weighted by atomic mass is 35.5. The van der Waals surface area contributed by atoms with E-state index in [9.17, 15) is 8.42 Å². The van der Waals surface area contributed by atoms with Gasteiger partial charge in [-0.1, -0.05) is 36.6 Å². The van der Waals surface area contributed by atoms with Gasteiger partial charge in [0.05, 0.1) is 5.75 Å². The van der Waals surface area contributed by atoms with Crippen LogP contribution < -0.4 is 4.72 Å². The number of thiophene rings is 1. The van der Waals surface area contributed by atoms with Gasteiger partial charge >= 0.3 is 0 Å². The van der Waals surface area contributed by atoms with E-state index in [0.29, 0.717) is 17.1 Å². The molecule has 1 unspecified atom stereocenters. The van der Waals surface area contributed by atoms with Crippen LogP contribution >= 0.6 is 22.9 Å². The maximum Gasteiger partial charge on any atom is 0.215 e. The molecule has 2 heterocycles. The van der Waals surface area contributed by atoms with E-state index >= 15 is 0 Å². The number of rotatable bonds is 7. The van der Waals surface area contributed by atoms with Crippen molar-refractivity contribution in [3.8, 4) is 0 Å². The second-order valence-electron chi connectivity index (χ2n) is 6.76. The lowest BCUT2D eigenvalue weighted by atomic mass is 10.1. The number of nitrogens with zero attached hydrogens (tertiary/aromatic N) is 1. The molecule has 2 aromatic rings. The van der Waals surface area contributed by atoms with Crippen LogP contribution in [0.3, 0.4) is 0 Å². The first kappa shape index (κ1) is 19.8. The Morgan fingerprint density at radius 2 is 1.92 bits per heavy atom. The quantitative estimate of drug-likeness (QED) is 0.731. The summed E-state index contributed by atoms with van der Waals surface area (Å²) in [7, 11) is -3.42. The van der Waals surface area contributed by atoms with Crippen LogP contribution in [0.5, 0.6) is 0 Å². The van der Waals surface area contributed by atoms with Gasteiger partial charge in [0.25, 0.3) is 0 Å². The number of likely N-dealkylation sites (tertiary alicyclic amines) is 1. The maximum atomic E-state index is 12.6. The molecule has 4 nitrogen and oxygen atoms in total. The monoisotopic (exact) mass is 412 g/mol. The van der Waals surface area contributed by atoms with Crippen LogP contribution in [0.4, 0.5) is 0 Å². The van der Waals surface area contributed by atoms with E-state index in [1.54, 1.807) is 35.6 Å². The summed E-state index contributed by atoms with van der Waals surface area (Å²) in [6, 6.07) is 9.21. The van der Waals surface area contributed by atoms with Crippen LogP contribution in [0.15, 0.2) is 41.1 Å². The Morgan fingerprint density at radius 3 is 2.58 bits per heavy atom. The van der Waals surface area contributed by atoms with Gasteiger partial charge in [0.1, 0.15) is 0 Å². The van der Waals surface area contributed by atoms with E-state index in [1.165, 1.54) is 31.2 Å². The standard InChI is InChI=1S/C19H25ClN2O2S2/c20-18-7-5-6-16(12-18)15-26(23,24)21-13-19(17-8-11-25-14-17)22-9-3-1-2-4-10-22/h5-8,11-12,14,19,21H,1-4,9-10,13,15H2. The van der Waals surface area contributed by atoms with Crippen LogP contribution in [-0.4, -0.2) is 33.0 Å². The lowest BCUT2D eigenvalue weighted by Crippen LogP contribution is -2.38. The van der Waals surface area contributed by atoms with Crippen LogP contribution in [-0.2, 0) is 15.8 Å². The van der Waals surface area contributed by atoms with E-state index in [1.807, 2.05) is 0 Å². The van der Waals surface area contributed by atoms with E-state index in [4.69, 9.17) is 11.6 Å². The van der Waals surface area contributed by atoms with Crippen molar-refractivity contribution in [2.24, 2.45) is 0 Å². The Morgan fingerprint density at radius 1 is 1.15 bits per heavy atom. The summed E-state index contributed by atoms with van der Waals surface area (Å²) in [6.45, 7) is 2.45. The molecule has 1 atom stereocenters. The van der Waals surface area contributed by atoms with Crippen molar-refractivity contribution in [2.75, 3.05) is 19.6 Å². The lowest BCUT2D eigenvalue weighted by molar-refractivity contribution is 0.206. The van der Waals surface area contributed by atoms with E-state index in [-0.39, 0.29) is 11.8 Å². The average molecular weight is 413 g/mol. The third-order valence-electron chi connectivity index (χ3n) is 4.75. The predicted octanol–water partition coefficient (Wildman–Crippen LogP) is 4.44. The fourth-order valence-electron chi connectivity index (χ4n) is 3.43. The average Bonchev–Trinajstić information content (AvgIpc) is 2.98. The van der Waals surface area contributed by atoms with Gasteiger partial charge in [0.15, 0.2) is 0 Å². The first-order chi connectivity index (χ1) is 12.5. The summed E-state index contributed by atoms with van der Waals surface area (Å²) in [6.07, 6.45) is 4.87. The number of benzene rings is 1. The van der Waals surface area contributed by atoms with Crippen molar-refractivity contribution >= 4 is 33.0 Å². The molecule has 1 N–H and O–H groups in total. The first-order valence-corrected chi connectivity index (χ1v) is 12.0. The summed E-state index contributed by atoms with van der Waals surface area (Å²) < 4.78 is 28.0. The summed E-state index contributed by atoms with van der Waals surface area (Å²) in [5, 5.41) is 4.74. The van der Waals surface area contributed by atoms with Gasteiger partial charge in [-0.05, 0) is 66.0 Å². The van der Waals surface area contributed by atoms with Crippen LogP contribution in [0.25, 0.3) is 0 Å². The molecule has 1 fully saturated rings. The minimum Gasteiger partial charge on any atom is -0.295 e. The minimum atomic E-state index is -3.42. The maximum absolute atomic E-state index is 12.6.